The highest BCUT2D eigenvalue weighted by molar-refractivity contribution is 7.18. The van der Waals surface area contributed by atoms with Gasteiger partial charge < -0.3 is 4.74 Å². The molecule has 24 heavy (non-hydrogen) atoms. The van der Waals surface area contributed by atoms with Crippen molar-refractivity contribution < 1.29 is 9.53 Å². The first-order valence-electron chi connectivity index (χ1n) is 7.86. The fraction of sp³-hybridized carbons (Fsp3) is 0.278. The molecule has 0 saturated heterocycles. The number of ether oxygens (including phenoxy) is 1. The molecule has 0 aliphatic carbocycles. The van der Waals surface area contributed by atoms with Crippen LogP contribution in [-0.2, 0) is 13.0 Å². The predicted molar refractivity (Wildman–Crippen MR) is 95.2 cm³/mol. The monoisotopic (exact) mass is 342 g/mol. The van der Waals surface area contributed by atoms with Crippen LogP contribution in [0.1, 0.15) is 29.1 Å². The Bertz CT molecular complexity index is 926. The van der Waals surface area contributed by atoms with Crippen LogP contribution in [0, 0.1) is 0 Å². The average Bonchev–Trinajstić information content (AvgIpc) is 3.02. The number of hydrogen-bond donors (Lipinski definition) is 0. The van der Waals surface area contributed by atoms with Crippen LogP contribution in [0.15, 0.2) is 41.5 Å². The van der Waals surface area contributed by atoms with Crippen molar-refractivity contribution in [2.24, 2.45) is 0 Å². The zero-order chi connectivity index (χ0) is 17.1. The summed E-state index contributed by atoms with van der Waals surface area (Å²) in [6, 6.07) is 8.81. The Morgan fingerprint density at radius 1 is 1.25 bits per heavy atom. The minimum atomic E-state index is -0.171. The van der Waals surface area contributed by atoms with Crippen LogP contribution in [0.5, 0.6) is 5.75 Å². The molecule has 0 fully saturated rings. The SMILES string of the molecule is CCOc1ccc(C(=O)Cn2cnc3sc(CC)cc3c2=O)cc1. The van der Waals surface area contributed by atoms with Crippen molar-refractivity contribution in [2.75, 3.05) is 6.61 Å². The van der Waals surface area contributed by atoms with Gasteiger partial charge in [-0.2, -0.15) is 0 Å². The van der Waals surface area contributed by atoms with Gasteiger partial charge in [0.25, 0.3) is 5.56 Å². The maximum Gasteiger partial charge on any atom is 0.262 e. The zero-order valence-corrected chi connectivity index (χ0v) is 14.4. The normalized spacial score (nSPS) is 10.9. The van der Waals surface area contributed by atoms with Gasteiger partial charge in [-0.25, -0.2) is 4.98 Å². The van der Waals surface area contributed by atoms with Gasteiger partial charge in [0.1, 0.15) is 10.6 Å². The van der Waals surface area contributed by atoms with Crippen molar-refractivity contribution in [1.82, 2.24) is 9.55 Å². The van der Waals surface area contributed by atoms with Crippen molar-refractivity contribution in [3.05, 3.63) is 57.5 Å². The second kappa shape index (κ2) is 6.97. The Morgan fingerprint density at radius 2 is 2.00 bits per heavy atom. The number of benzene rings is 1. The predicted octanol–water partition coefficient (Wildman–Crippen LogP) is 3.30. The Labute approximate surface area is 143 Å². The summed E-state index contributed by atoms with van der Waals surface area (Å²) in [4.78, 5) is 31.1. The summed E-state index contributed by atoms with van der Waals surface area (Å²) in [6.07, 6.45) is 2.32. The number of carbonyl (C=O) groups excluding carboxylic acids is 1. The molecule has 0 radical (unpaired) electrons. The lowest BCUT2D eigenvalue weighted by Gasteiger charge is -2.06. The largest absolute Gasteiger partial charge is 0.494 e. The Balaban J connectivity index is 1.84. The van der Waals surface area contributed by atoms with E-state index in [1.807, 2.05) is 19.9 Å². The van der Waals surface area contributed by atoms with Gasteiger partial charge >= 0.3 is 0 Å². The molecule has 5 nitrogen and oxygen atoms in total. The van der Waals surface area contributed by atoms with Crippen LogP contribution >= 0.6 is 11.3 Å². The minimum absolute atomic E-state index is 0.0208. The molecule has 0 bridgehead atoms. The van der Waals surface area contributed by atoms with Crippen molar-refractivity contribution in [2.45, 2.75) is 26.8 Å². The number of ketones is 1. The summed E-state index contributed by atoms with van der Waals surface area (Å²) < 4.78 is 6.73. The van der Waals surface area contributed by atoms with Crippen LogP contribution in [0.25, 0.3) is 10.2 Å². The van der Waals surface area contributed by atoms with Crippen molar-refractivity contribution >= 4 is 27.3 Å². The Hall–Kier alpha value is -2.47. The molecular formula is C18H18N2O3S. The van der Waals surface area contributed by atoms with Crippen LogP contribution in [0.4, 0.5) is 0 Å². The summed E-state index contributed by atoms with van der Waals surface area (Å²) in [6.45, 7) is 4.50. The molecule has 0 aliphatic rings. The maximum atomic E-state index is 12.5. The molecule has 2 aromatic heterocycles. The van der Waals surface area contributed by atoms with Crippen LogP contribution in [0.3, 0.4) is 0 Å². The van der Waals surface area contributed by atoms with Crippen molar-refractivity contribution in [1.29, 1.82) is 0 Å². The molecule has 6 heteroatoms. The highest BCUT2D eigenvalue weighted by atomic mass is 32.1. The number of nitrogens with zero attached hydrogens (tertiary/aromatic N) is 2. The molecule has 2 heterocycles. The summed E-state index contributed by atoms with van der Waals surface area (Å²) in [7, 11) is 0. The molecule has 0 amide bonds. The van der Waals surface area contributed by atoms with Crippen molar-refractivity contribution in [3.63, 3.8) is 0 Å². The number of hydrogen-bond acceptors (Lipinski definition) is 5. The van der Waals surface area contributed by atoms with Gasteiger partial charge in [-0.05, 0) is 43.7 Å². The minimum Gasteiger partial charge on any atom is -0.494 e. The third kappa shape index (κ3) is 3.23. The first-order chi connectivity index (χ1) is 11.6. The average molecular weight is 342 g/mol. The molecule has 3 rings (SSSR count). The van der Waals surface area contributed by atoms with E-state index < -0.39 is 0 Å². The number of aryl methyl sites for hydroxylation is 1. The molecule has 1 aromatic carbocycles. The van der Waals surface area contributed by atoms with Gasteiger partial charge in [0.15, 0.2) is 5.78 Å². The van der Waals surface area contributed by atoms with E-state index in [1.54, 1.807) is 24.3 Å². The van der Waals surface area contributed by atoms with Gasteiger partial charge in [0, 0.05) is 10.4 Å². The Morgan fingerprint density at radius 3 is 2.67 bits per heavy atom. The van der Waals surface area contributed by atoms with E-state index in [0.29, 0.717) is 17.6 Å². The summed E-state index contributed by atoms with van der Waals surface area (Å²) >= 11 is 1.52. The van der Waals surface area contributed by atoms with E-state index in [4.69, 9.17) is 4.74 Å². The molecule has 124 valence electrons. The molecule has 0 atom stereocenters. The van der Waals surface area contributed by atoms with Gasteiger partial charge in [0.05, 0.1) is 24.9 Å². The fourth-order valence-corrected chi connectivity index (χ4v) is 3.37. The molecule has 0 saturated carbocycles. The second-order valence-electron chi connectivity index (χ2n) is 5.34. The van der Waals surface area contributed by atoms with Crippen molar-refractivity contribution in [3.8, 4) is 5.75 Å². The molecule has 0 N–H and O–H groups in total. The van der Waals surface area contributed by atoms with Gasteiger partial charge in [0.2, 0.25) is 0 Å². The maximum absolute atomic E-state index is 12.5. The number of Topliss-reactive ketones (excluding diaryl/α,β-unsaturated/α-hetero) is 1. The van der Waals surface area contributed by atoms with E-state index in [2.05, 4.69) is 4.98 Å². The number of rotatable bonds is 6. The summed E-state index contributed by atoms with van der Waals surface area (Å²) in [5.74, 6) is 0.590. The van der Waals surface area contributed by atoms with E-state index in [1.165, 1.54) is 22.2 Å². The Kier molecular flexibility index (Phi) is 4.76. The number of thiophene rings is 1. The van der Waals surface area contributed by atoms with E-state index >= 15 is 0 Å². The van der Waals surface area contributed by atoms with Crippen LogP contribution in [0.2, 0.25) is 0 Å². The summed E-state index contributed by atoms with van der Waals surface area (Å²) in [5, 5.41) is 0.582. The summed E-state index contributed by atoms with van der Waals surface area (Å²) in [5.41, 5.74) is 0.375. The zero-order valence-electron chi connectivity index (χ0n) is 13.6. The van der Waals surface area contributed by atoms with Crippen LogP contribution < -0.4 is 10.3 Å². The lowest BCUT2D eigenvalue weighted by Crippen LogP contribution is -2.24. The van der Waals surface area contributed by atoms with E-state index in [-0.39, 0.29) is 17.9 Å². The van der Waals surface area contributed by atoms with Gasteiger partial charge in [-0.3, -0.25) is 14.2 Å². The molecule has 3 aromatic rings. The second-order valence-corrected chi connectivity index (χ2v) is 6.46. The molecular weight excluding hydrogens is 324 g/mol. The number of fused-ring (bicyclic) bond motifs is 1. The topological polar surface area (TPSA) is 61.2 Å². The number of aromatic nitrogens is 2. The smallest absolute Gasteiger partial charge is 0.262 e. The quantitative estimate of drug-likeness (QED) is 0.645. The van der Waals surface area contributed by atoms with Crippen LogP contribution in [-0.4, -0.2) is 21.9 Å². The lowest BCUT2D eigenvalue weighted by atomic mass is 10.1. The van der Waals surface area contributed by atoms with E-state index in [0.717, 1.165) is 21.9 Å². The standard InChI is InChI=1S/C18H18N2O3S/c1-3-14-9-15-17(24-14)19-11-20(18(15)22)10-16(21)12-5-7-13(8-6-12)23-4-2/h5-9,11H,3-4,10H2,1-2H3. The third-order valence-corrected chi connectivity index (χ3v) is 4.91. The first kappa shape index (κ1) is 16.4. The first-order valence-corrected chi connectivity index (χ1v) is 8.68. The number of carbonyl (C=O) groups is 1. The lowest BCUT2D eigenvalue weighted by molar-refractivity contribution is 0.0970. The fourth-order valence-electron chi connectivity index (χ4n) is 2.45. The van der Waals surface area contributed by atoms with Gasteiger partial charge in [-0.1, -0.05) is 6.92 Å². The third-order valence-electron chi connectivity index (χ3n) is 3.72. The highest BCUT2D eigenvalue weighted by Crippen LogP contribution is 2.21. The molecule has 0 aliphatic heterocycles. The van der Waals surface area contributed by atoms with Gasteiger partial charge in [-0.15, -0.1) is 11.3 Å². The highest BCUT2D eigenvalue weighted by Gasteiger charge is 2.12. The van der Waals surface area contributed by atoms with E-state index in [9.17, 15) is 9.59 Å². The molecule has 0 unspecified atom stereocenters. The molecule has 0 spiro atoms.